The number of thiazole rings is 1. The molecule has 112 valence electrons. The average molecular weight is 329 g/mol. The predicted octanol–water partition coefficient (Wildman–Crippen LogP) is 3.60. The molecule has 0 bridgehead atoms. The number of benzene rings is 1. The third-order valence-electron chi connectivity index (χ3n) is 3.07. The smallest absolute Gasteiger partial charge is 0.269 e. The number of rotatable bonds is 6. The number of aromatic nitrogens is 2. The summed E-state index contributed by atoms with van der Waals surface area (Å²) >= 11 is 3.36. The molecule has 0 aliphatic rings. The van der Waals surface area contributed by atoms with E-state index in [0.717, 1.165) is 27.4 Å². The van der Waals surface area contributed by atoms with E-state index in [9.17, 15) is 4.79 Å². The van der Waals surface area contributed by atoms with Gasteiger partial charge in [0.25, 0.3) is 5.91 Å². The molecule has 0 saturated heterocycles. The van der Waals surface area contributed by atoms with Crippen molar-refractivity contribution < 1.29 is 4.79 Å². The van der Waals surface area contributed by atoms with Crippen LogP contribution in [0, 0.1) is 0 Å². The number of hydrogen-bond acceptors (Lipinski definition) is 5. The molecule has 2 aromatic heterocycles. The molecule has 4 nitrogen and oxygen atoms in total. The van der Waals surface area contributed by atoms with Gasteiger partial charge in [0, 0.05) is 29.3 Å². The fourth-order valence-electron chi connectivity index (χ4n) is 2.00. The molecule has 0 fully saturated rings. The molecule has 6 heteroatoms. The highest BCUT2D eigenvalue weighted by atomic mass is 32.2. The van der Waals surface area contributed by atoms with E-state index in [4.69, 9.17) is 0 Å². The van der Waals surface area contributed by atoms with Gasteiger partial charge in [0.1, 0.15) is 10.0 Å². The van der Waals surface area contributed by atoms with Crippen molar-refractivity contribution in [2.24, 2.45) is 0 Å². The zero-order valence-corrected chi connectivity index (χ0v) is 13.5. The average Bonchev–Trinajstić information content (AvgIpc) is 3.07. The van der Waals surface area contributed by atoms with Gasteiger partial charge in [-0.05, 0) is 18.6 Å². The SMILES string of the molecule is O=C(NCCCSc1nccs1)c1ccc2ccccc2n1. The van der Waals surface area contributed by atoms with Crippen molar-refractivity contribution in [2.45, 2.75) is 10.8 Å². The molecule has 0 saturated carbocycles. The van der Waals surface area contributed by atoms with Crippen LogP contribution in [0.4, 0.5) is 0 Å². The Morgan fingerprint density at radius 1 is 1.23 bits per heavy atom. The topological polar surface area (TPSA) is 54.9 Å². The van der Waals surface area contributed by atoms with Gasteiger partial charge in [-0.15, -0.1) is 11.3 Å². The van der Waals surface area contributed by atoms with E-state index in [1.165, 1.54) is 0 Å². The quantitative estimate of drug-likeness (QED) is 0.554. The van der Waals surface area contributed by atoms with Crippen molar-refractivity contribution in [3.05, 3.63) is 53.7 Å². The zero-order valence-electron chi connectivity index (χ0n) is 11.9. The third kappa shape index (κ3) is 3.84. The lowest BCUT2D eigenvalue weighted by Gasteiger charge is -2.05. The molecule has 1 amide bonds. The molecule has 0 atom stereocenters. The van der Waals surface area contributed by atoms with E-state index in [0.29, 0.717) is 12.2 Å². The summed E-state index contributed by atoms with van der Waals surface area (Å²) < 4.78 is 1.07. The lowest BCUT2D eigenvalue weighted by Crippen LogP contribution is -2.25. The molecule has 0 radical (unpaired) electrons. The molecule has 0 unspecified atom stereocenters. The molecule has 0 aliphatic heterocycles. The Morgan fingerprint density at radius 3 is 3.00 bits per heavy atom. The highest BCUT2D eigenvalue weighted by Gasteiger charge is 2.07. The van der Waals surface area contributed by atoms with Gasteiger partial charge in [-0.1, -0.05) is 36.0 Å². The van der Waals surface area contributed by atoms with E-state index in [2.05, 4.69) is 15.3 Å². The molecule has 1 N–H and O–H groups in total. The first-order valence-corrected chi connectivity index (χ1v) is 8.86. The van der Waals surface area contributed by atoms with Crippen molar-refractivity contribution in [1.29, 1.82) is 0 Å². The van der Waals surface area contributed by atoms with Gasteiger partial charge >= 0.3 is 0 Å². The first kappa shape index (κ1) is 15.0. The number of thioether (sulfide) groups is 1. The van der Waals surface area contributed by atoms with Crippen LogP contribution in [0.3, 0.4) is 0 Å². The van der Waals surface area contributed by atoms with Gasteiger partial charge in [0.2, 0.25) is 0 Å². The van der Waals surface area contributed by atoms with Crippen LogP contribution in [-0.2, 0) is 0 Å². The van der Waals surface area contributed by atoms with Gasteiger partial charge < -0.3 is 5.32 Å². The van der Waals surface area contributed by atoms with Gasteiger partial charge in [-0.2, -0.15) is 0 Å². The number of nitrogens with zero attached hydrogens (tertiary/aromatic N) is 2. The molecular formula is C16H15N3OS2. The van der Waals surface area contributed by atoms with Crippen LogP contribution in [0.5, 0.6) is 0 Å². The van der Waals surface area contributed by atoms with Crippen LogP contribution in [0.2, 0.25) is 0 Å². The molecule has 22 heavy (non-hydrogen) atoms. The minimum atomic E-state index is -0.120. The van der Waals surface area contributed by atoms with Gasteiger partial charge in [0.05, 0.1) is 5.52 Å². The van der Waals surface area contributed by atoms with Gasteiger partial charge in [0.15, 0.2) is 0 Å². The third-order valence-corrected chi connectivity index (χ3v) is 5.13. The molecule has 2 heterocycles. The number of para-hydroxylation sites is 1. The van der Waals surface area contributed by atoms with Crippen molar-refractivity contribution in [1.82, 2.24) is 15.3 Å². The van der Waals surface area contributed by atoms with Crippen molar-refractivity contribution in [3.63, 3.8) is 0 Å². The summed E-state index contributed by atoms with van der Waals surface area (Å²) in [6.45, 7) is 0.645. The number of pyridine rings is 1. The van der Waals surface area contributed by atoms with Crippen LogP contribution < -0.4 is 5.32 Å². The molecule has 3 rings (SSSR count). The number of nitrogens with one attached hydrogen (secondary N) is 1. The lowest BCUT2D eigenvalue weighted by atomic mass is 10.2. The summed E-state index contributed by atoms with van der Waals surface area (Å²) in [7, 11) is 0. The summed E-state index contributed by atoms with van der Waals surface area (Å²) in [6.07, 6.45) is 2.71. The zero-order chi connectivity index (χ0) is 15.2. The van der Waals surface area contributed by atoms with Gasteiger partial charge in [-0.3, -0.25) is 4.79 Å². The van der Waals surface area contributed by atoms with Gasteiger partial charge in [-0.25, -0.2) is 9.97 Å². The number of amides is 1. The van der Waals surface area contributed by atoms with E-state index in [1.807, 2.05) is 35.7 Å². The van der Waals surface area contributed by atoms with Crippen molar-refractivity contribution in [2.75, 3.05) is 12.3 Å². The van der Waals surface area contributed by atoms with Crippen LogP contribution in [0.25, 0.3) is 10.9 Å². The van der Waals surface area contributed by atoms with E-state index in [1.54, 1.807) is 35.4 Å². The molecule has 0 aliphatic carbocycles. The standard InChI is InChI=1S/C16H15N3OS2/c20-15(17-8-3-10-21-16-18-9-11-22-16)14-7-6-12-4-1-2-5-13(12)19-14/h1-2,4-7,9,11H,3,8,10H2,(H,17,20). The highest BCUT2D eigenvalue weighted by molar-refractivity contribution is 8.00. The number of fused-ring (bicyclic) bond motifs is 1. The van der Waals surface area contributed by atoms with Crippen LogP contribution >= 0.6 is 23.1 Å². The van der Waals surface area contributed by atoms with Crippen LogP contribution in [-0.4, -0.2) is 28.2 Å². The Hall–Kier alpha value is -1.92. The second-order valence-electron chi connectivity index (χ2n) is 4.65. The summed E-state index contributed by atoms with van der Waals surface area (Å²) in [5.74, 6) is 0.823. The maximum atomic E-state index is 12.1. The summed E-state index contributed by atoms with van der Waals surface area (Å²) in [5, 5.41) is 5.92. The fraction of sp³-hybridized carbons (Fsp3) is 0.188. The summed E-state index contributed by atoms with van der Waals surface area (Å²) in [4.78, 5) is 20.7. The second-order valence-corrected chi connectivity index (χ2v) is 6.88. The first-order chi connectivity index (χ1) is 10.8. The predicted molar refractivity (Wildman–Crippen MR) is 91.5 cm³/mol. The number of carbonyl (C=O) groups excluding carboxylic acids is 1. The Kier molecular flexibility index (Phi) is 5.03. The maximum Gasteiger partial charge on any atom is 0.269 e. The fourth-order valence-corrected chi connectivity index (χ4v) is 3.65. The summed E-state index contributed by atoms with van der Waals surface area (Å²) in [5.41, 5.74) is 1.31. The molecule has 1 aromatic carbocycles. The normalized spacial score (nSPS) is 10.7. The molecule has 3 aromatic rings. The monoisotopic (exact) mass is 329 g/mol. The first-order valence-electron chi connectivity index (χ1n) is 6.99. The highest BCUT2D eigenvalue weighted by Crippen LogP contribution is 2.20. The minimum Gasteiger partial charge on any atom is -0.351 e. The van der Waals surface area contributed by atoms with E-state index < -0.39 is 0 Å². The Labute approximate surface area is 137 Å². The molecular weight excluding hydrogens is 314 g/mol. The second kappa shape index (κ2) is 7.38. The lowest BCUT2D eigenvalue weighted by molar-refractivity contribution is 0.0949. The largest absolute Gasteiger partial charge is 0.351 e. The Balaban J connectivity index is 1.48. The minimum absolute atomic E-state index is 0.120. The summed E-state index contributed by atoms with van der Waals surface area (Å²) in [6, 6.07) is 11.5. The Morgan fingerprint density at radius 2 is 2.14 bits per heavy atom. The molecule has 0 spiro atoms. The van der Waals surface area contributed by atoms with Crippen LogP contribution in [0.1, 0.15) is 16.9 Å². The van der Waals surface area contributed by atoms with Crippen molar-refractivity contribution >= 4 is 39.9 Å². The van der Waals surface area contributed by atoms with E-state index in [-0.39, 0.29) is 5.91 Å². The van der Waals surface area contributed by atoms with E-state index >= 15 is 0 Å². The Bertz CT molecular complexity index is 759. The maximum absolute atomic E-state index is 12.1. The van der Waals surface area contributed by atoms with Crippen LogP contribution in [0.15, 0.2) is 52.3 Å². The number of carbonyl (C=O) groups is 1. The van der Waals surface area contributed by atoms with Crippen molar-refractivity contribution in [3.8, 4) is 0 Å². The number of hydrogen-bond donors (Lipinski definition) is 1.